The van der Waals surface area contributed by atoms with E-state index in [1.807, 2.05) is 31.9 Å². The lowest BCUT2D eigenvalue weighted by Gasteiger charge is -2.33. The molecule has 2 aromatic heterocycles. The molecule has 0 aromatic carbocycles. The number of carbonyl (C=O) groups is 1. The van der Waals surface area contributed by atoms with Gasteiger partial charge in [-0.2, -0.15) is 0 Å². The van der Waals surface area contributed by atoms with Gasteiger partial charge in [0, 0.05) is 53.2 Å². The zero-order valence-corrected chi connectivity index (χ0v) is 23.7. The molecule has 3 rings (SSSR count). The molecule has 0 atom stereocenters. The van der Waals surface area contributed by atoms with Crippen molar-refractivity contribution < 1.29 is 19.0 Å². The summed E-state index contributed by atoms with van der Waals surface area (Å²) in [5, 5.41) is 0. The van der Waals surface area contributed by atoms with Gasteiger partial charge in [-0.1, -0.05) is 19.6 Å². The summed E-state index contributed by atoms with van der Waals surface area (Å²) in [6.07, 6.45) is 7.34. The van der Waals surface area contributed by atoms with Gasteiger partial charge >= 0.3 is 6.09 Å². The number of carbonyl (C=O) groups excluding carboxylic acids is 1. The number of methoxy groups -OCH3 is 1. The third kappa shape index (κ3) is 8.29. The highest BCUT2D eigenvalue weighted by molar-refractivity contribution is 6.76. The summed E-state index contributed by atoms with van der Waals surface area (Å²) in [5.74, 6) is 0.322. The second-order valence-corrected chi connectivity index (χ2v) is 17.4. The largest absolute Gasteiger partial charge is 0.444 e. The molecule has 196 valence electrons. The molecule has 0 bridgehead atoms. The van der Waals surface area contributed by atoms with Crippen LogP contribution in [0, 0.1) is 0 Å². The molecule has 1 saturated heterocycles. The van der Waals surface area contributed by atoms with Crippen molar-refractivity contribution in [3.63, 3.8) is 0 Å². The predicted octanol–water partition coefficient (Wildman–Crippen LogP) is 5.44. The molecule has 0 aliphatic carbocycles. The van der Waals surface area contributed by atoms with Crippen LogP contribution in [0.3, 0.4) is 0 Å². The monoisotopic (exact) mass is 504 g/mol. The van der Waals surface area contributed by atoms with Gasteiger partial charge in [0.2, 0.25) is 0 Å². The average Bonchev–Trinajstić information content (AvgIpc) is 3.13. The standard InChI is InChI=1S/C26H44N4O4Si/c1-26(2,3)34-25(31)29-12-10-20(11-13-29)22-18-30(19-33-15-16-35(5,6)7)24-23(22)28-21(17-27-24)9-8-14-32-4/h17-18,20H,8-16,19H2,1-7H3. The number of fused-ring (bicyclic) bond motifs is 1. The van der Waals surface area contributed by atoms with E-state index >= 15 is 0 Å². The Kier molecular flexibility index (Phi) is 9.34. The van der Waals surface area contributed by atoms with E-state index in [1.54, 1.807) is 7.11 Å². The van der Waals surface area contributed by atoms with Crippen molar-refractivity contribution in [2.45, 2.75) is 90.4 Å². The van der Waals surface area contributed by atoms with Gasteiger partial charge in [0.15, 0.2) is 5.65 Å². The van der Waals surface area contributed by atoms with Gasteiger partial charge in [-0.05, 0) is 58.4 Å². The number of nitrogens with zero attached hydrogens (tertiary/aromatic N) is 4. The summed E-state index contributed by atoms with van der Waals surface area (Å²) < 4.78 is 18.9. The number of hydrogen-bond acceptors (Lipinski definition) is 6. The van der Waals surface area contributed by atoms with E-state index in [0.29, 0.717) is 32.3 Å². The first kappa shape index (κ1) is 27.6. The SMILES string of the molecule is COCCCc1cnc2c(n1)c(C1CCN(C(=O)OC(C)(C)C)CC1)cn2COCC[Si](C)(C)C. The Morgan fingerprint density at radius 3 is 2.51 bits per heavy atom. The van der Waals surface area contributed by atoms with Crippen molar-refractivity contribution in [2.24, 2.45) is 0 Å². The van der Waals surface area contributed by atoms with Gasteiger partial charge < -0.3 is 23.7 Å². The minimum absolute atomic E-state index is 0.227. The first-order valence-corrected chi connectivity index (χ1v) is 16.6. The maximum absolute atomic E-state index is 12.5. The number of hydrogen-bond donors (Lipinski definition) is 0. The van der Waals surface area contributed by atoms with E-state index in [2.05, 4.69) is 30.4 Å². The van der Waals surface area contributed by atoms with Crippen molar-refractivity contribution in [1.82, 2.24) is 19.4 Å². The van der Waals surface area contributed by atoms with E-state index in [9.17, 15) is 4.79 Å². The number of aryl methyl sites for hydroxylation is 1. The fourth-order valence-electron chi connectivity index (χ4n) is 4.27. The zero-order chi connectivity index (χ0) is 25.6. The van der Waals surface area contributed by atoms with Gasteiger partial charge in [-0.3, -0.25) is 0 Å². The lowest BCUT2D eigenvalue weighted by atomic mass is 9.91. The number of rotatable bonds is 10. The lowest BCUT2D eigenvalue weighted by Crippen LogP contribution is -2.41. The van der Waals surface area contributed by atoms with Crippen LogP contribution in [-0.4, -0.2) is 72.6 Å². The second-order valence-electron chi connectivity index (χ2n) is 11.8. The number of amides is 1. The van der Waals surface area contributed by atoms with Crippen molar-refractivity contribution in [2.75, 3.05) is 33.4 Å². The van der Waals surface area contributed by atoms with Crippen LogP contribution in [0.4, 0.5) is 4.79 Å². The Balaban J connectivity index is 1.76. The molecule has 0 spiro atoms. The summed E-state index contributed by atoms with van der Waals surface area (Å²) in [7, 11) is 0.581. The third-order valence-electron chi connectivity index (χ3n) is 6.24. The Morgan fingerprint density at radius 2 is 1.89 bits per heavy atom. The fraction of sp³-hybridized carbons (Fsp3) is 0.731. The Hall–Kier alpha value is -1.97. The summed E-state index contributed by atoms with van der Waals surface area (Å²) in [4.78, 5) is 24.1. The maximum atomic E-state index is 12.5. The average molecular weight is 505 g/mol. The molecule has 0 radical (unpaired) electrons. The van der Waals surface area contributed by atoms with Crippen LogP contribution in [-0.2, 0) is 27.4 Å². The molecule has 1 aliphatic rings. The van der Waals surface area contributed by atoms with Gasteiger partial charge in [0.1, 0.15) is 17.8 Å². The molecule has 8 nitrogen and oxygen atoms in total. The number of ether oxygens (including phenoxy) is 3. The van der Waals surface area contributed by atoms with Crippen molar-refractivity contribution >= 4 is 25.3 Å². The minimum atomic E-state index is -1.14. The van der Waals surface area contributed by atoms with Crippen LogP contribution in [0.15, 0.2) is 12.4 Å². The normalized spacial score (nSPS) is 15.7. The van der Waals surface area contributed by atoms with Gasteiger partial charge in [0.05, 0.1) is 11.9 Å². The number of likely N-dealkylation sites (tertiary alicyclic amines) is 1. The van der Waals surface area contributed by atoms with Crippen LogP contribution in [0.1, 0.15) is 57.2 Å². The molecule has 2 aromatic rings. The van der Waals surface area contributed by atoms with Gasteiger partial charge in [0.25, 0.3) is 0 Å². The molecule has 1 aliphatic heterocycles. The molecule has 9 heteroatoms. The number of aromatic nitrogens is 3. The lowest BCUT2D eigenvalue weighted by molar-refractivity contribution is 0.0205. The molecule has 35 heavy (non-hydrogen) atoms. The smallest absolute Gasteiger partial charge is 0.410 e. The summed E-state index contributed by atoms with van der Waals surface area (Å²) >= 11 is 0. The van der Waals surface area contributed by atoms with Crippen molar-refractivity contribution in [1.29, 1.82) is 0 Å². The second kappa shape index (κ2) is 11.8. The van der Waals surface area contributed by atoms with E-state index in [1.165, 1.54) is 5.56 Å². The van der Waals surface area contributed by atoms with Crippen molar-refractivity contribution in [3.05, 3.63) is 23.7 Å². The third-order valence-corrected chi connectivity index (χ3v) is 7.94. The molecule has 1 amide bonds. The number of piperidine rings is 1. The van der Waals surface area contributed by atoms with E-state index in [-0.39, 0.29) is 6.09 Å². The Labute approximate surface area is 211 Å². The highest BCUT2D eigenvalue weighted by atomic mass is 28.3. The fourth-order valence-corrected chi connectivity index (χ4v) is 5.03. The zero-order valence-electron chi connectivity index (χ0n) is 22.7. The quantitative estimate of drug-likeness (QED) is 0.317. The molecule has 0 N–H and O–H groups in total. The van der Waals surface area contributed by atoms with E-state index < -0.39 is 13.7 Å². The van der Waals surface area contributed by atoms with Gasteiger partial charge in [-0.15, -0.1) is 0 Å². The summed E-state index contributed by atoms with van der Waals surface area (Å²) in [6.45, 7) is 16.1. The summed E-state index contributed by atoms with van der Waals surface area (Å²) in [5.41, 5.74) is 3.55. The minimum Gasteiger partial charge on any atom is -0.444 e. The molecule has 3 heterocycles. The first-order chi connectivity index (χ1) is 16.5. The van der Waals surface area contributed by atoms with Crippen LogP contribution in [0.25, 0.3) is 11.2 Å². The predicted molar refractivity (Wildman–Crippen MR) is 142 cm³/mol. The van der Waals surface area contributed by atoms with Crippen LogP contribution in [0.5, 0.6) is 0 Å². The molecule has 0 unspecified atom stereocenters. The molecule has 1 fully saturated rings. The first-order valence-electron chi connectivity index (χ1n) is 12.9. The molecular weight excluding hydrogens is 460 g/mol. The topological polar surface area (TPSA) is 78.7 Å². The Bertz CT molecular complexity index is 972. The van der Waals surface area contributed by atoms with Crippen molar-refractivity contribution in [3.8, 4) is 0 Å². The highest BCUT2D eigenvalue weighted by Crippen LogP contribution is 2.34. The maximum Gasteiger partial charge on any atom is 0.410 e. The molecule has 0 saturated carbocycles. The van der Waals surface area contributed by atoms with Crippen LogP contribution >= 0.6 is 0 Å². The highest BCUT2D eigenvalue weighted by Gasteiger charge is 2.29. The van der Waals surface area contributed by atoms with E-state index in [0.717, 1.165) is 55.2 Å². The van der Waals surface area contributed by atoms with Crippen LogP contribution in [0.2, 0.25) is 25.7 Å². The Morgan fingerprint density at radius 1 is 1.17 bits per heavy atom. The van der Waals surface area contributed by atoms with E-state index in [4.69, 9.17) is 24.2 Å². The van der Waals surface area contributed by atoms with Gasteiger partial charge in [-0.25, -0.2) is 14.8 Å². The van der Waals surface area contributed by atoms with Crippen LogP contribution < -0.4 is 0 Å². The summed E-state index contributed by atoms with van der Waals surface area (Å²) in [6, 6.07) is 1.14. The molecular formula is C26H44N4O4Si.